The maximum Gasteiger partial charge on any atom is 0.326 e. The molecule has 1 amide bonds. The fraction of sp³-hybridized carbons (Fsp3) is 0.429. The molecule has 0 fully saturated rings. The van der Waals surface area contributed by atoms with Crippen LogP contribution in [0.25, 0.3) is 0 Å². The molecule has 1 rings (SSSR count). The average Bonchev–Trinajstić information content (AvgIpc) is 2.37. The third-order valence-corrected chi connectivity index (χ3v) is 3.78. The lowest BCUT2D eigenvalue weighted by molar-refractivity contribution is -0.139. The number of amides is 1. The van der Waals surface area contributed by atoms with Crippen molar-refractivity contribution in [3.63, 3.8) is 0 Å². The molecule has 1 aromatic rings. The molecule has 20 heavy (non-hydrogen) atoms. The number of thioether (sulfide) groups is 1. The van der Waals surface area contributed by atoms with Crippen molar-refractivity contribution in [2.24, 2.45) is 5.92 Å². The highest BCUT2D eigenvalue weighted by Crippen LogP contribution is 2.23. The quantitative estimate of drug-likeness (QED) is 0.791. The minimum absolute atomic E-state index is 0.171. The molecule has 4 nitrogen and oxygen atoms in total. The fourth-order valence-electron chi connectivity index (χ4n) is 1.73. The number of benzene rings is 1. The largest absolute Gasteiger partial charge is 0.480 e. The molecule has 0 aliphatic rings. The van der Waals surface area contributed by atoms with Gasteiger partial charge in [-0.3, -0.25) is 4.79 Å². The van der Waals surface area contributed by atoms with Crippen LogP contribution in [0.4, 0.5) is 0 Å². The van der Waals surface area contributed by atoms with Gasteiger partial charge in [0, 0.05) is 4.90 Å². The molecule has 1 aromatic carbocycles. The van der Waals surface area contributed by atoms with Crippen molar-refractivity contribution in [2.75, 3.05) is 6.26 Å². The SMILES string of the molecule is CSc1ccc(Cl)c(C(=O)NC(CC(C)C)C(=O)O)c1. The summed E-state index contributed by atoms with van der Waals surface area (Å²) in [5, 5.41) is 12.0. The molecule has 0 radical (unpaired) electrons. The van der Waals surface area contributed by atoms with E-state index in [4.69, 9.17) is 16.7 Å². The van der Waals surface area contributed by atoms with Crippen molar-refractivity contribution in [2.45, 2.75) is 31.2 Å². The Kier molecular flexibility index (Phi) is 6.36. The van der Waals surface area contributed by atoms with Crippen molar-refractivity contribution >= 4 is 35.2 Å². The summed E-state index contributed by atoms with van der Waals surface area (Å²) in [6, 6.07) is 4.21. The van der Waals surface area contributed by atoms with Crippen LogP contribution in [-0.4, -0.2) is 29.3 Å². The van der Waals surface area contributed by atoms with E-state index >= 15 is 0 Å². The van der Waals surface area contributed by atoms with Crippen LogP contribution in [0.5, 0.6) is 0 Å². The number of carbonyl (C=O) groups is 2. The Hall–Kier alpha value is -1.20. The number of aliphatic carboxylic acids is 1. The van der Waals surface area contributed by atoms with Crippen LogP contribution in [0, 0.1) is 5.92 Å². The van der Waals surface area contributed by atoms with Crippen LogP contribution in [0.1, 0.15) is 30.6 Å². The molecule has 1 atom stereocenters. The molecule has 0 saturated carbocycles. The number of halogens is 1. The van der Waals surface area contributed by atoms with Gasteiger partial charge in [-0.05, 0) is 36.8 Å². The van der Waals surface area contributed by atoms with Crippen molar-refractivity contribution in [1.82, 2.24) is 5.32 Å². The molecule has 110 valence electrons. The van der Waals surface area contributed by atoms with Gasteiger partial charge in [-0.25, -0.2) is 4.79 Å². The molecule has 0 heterocycles. The average molecular weight is 316 g/mol. The molecule has 2 N–H and O–H groups in total. The van der Waals surface area contributed by atoms with Gasteiger partial charge in [-0.2, -0.15) is 0 Å². The van der Waals surface area contributed by atoms with E-state index in [2.05, 4.69) is 5.32 Å². The fourth-order valence-corrected chi connectivity index (χ4v) is 2.38. The summed E-state index contributed by atoms with van der Waals surface area (Å²) in [4.78, 5) is 24.2. The lowest BCUT2D eigenvalue weighted by Gasteiger charge is -2.17. The van der Waals surface area contributed by atoms with Crippen molar-refractivity contribution in [1.29, 1.82) is 0 Å². The van der Waals surface area contributed by atoms with Gasteiger partial charge in [0.2, 0.25) is 0 Å². The summed E-state index contributed by atoms with van der Waals surface area (Å²) in [5.74, 6) is -1.33. The molecule has 6 heteroatoms. The molecule has 0 aliphatic carbocycles. The maximum absolute atomic E-state index is 12.2. The van der Waals surface area contributed by atoms with E-state index in [0.717, 1.165) is 4.90 Å². The van der Waals surface area contributed by atoms with Gasteiger partial charge in [0.15, 0.2) is 0 Å². The van der Waals surface area contributed by atoms with Crippen LogP contribution >= 0.6 is 23.4 Å². The maximum atomic E-state index is 12.2. The Labute approximate surface area is 127 Å². The van der Waals surface area contributed by atoms with Gasteiger partial charge in [-0.15, -0.1) is 11.8 Å². The topological polar surface area (TPSA) is 66.4 Å². The lowest BCUT2D eigenvalue weighted by Crippen LogP contribution is -2.41. The molecule has 0 spiro atoms. The van der Waals surface area contributed by atoms with Gasteiger partial charge in [0.1, 0.15) is 6.04 Å². The number of carboxylic acids is 1. The zero-order valence-corrected chi connectivity index (χ0v) is 13.2. The number of rotatable bonds is 6. The summed E-state index contributed by atoms with van der Waals surface area (Å²) < 4.78 is 0. The standard InChI is InChI=1S/C14H18ClNO3S/c1-8(2)6-12(14(18)19)16-13(17)10-7-9(20-3)4-5-11(10)15/h4-5,7-8,12H,6H2,1-3H3,(H,16,17)(H,18,19). The Bertz CT molecular complexity index is 505. The minimum Gasteiger partial charge on any atom is -0.480 e. The second-order valence-electron chi connectivity index (χ2n) is 4.84. The van der Waals surface area contributed by atoms with Gasteiger partial charge in [0.05, 0.1) is 10.6 Å². The predicted octanol–water partition coefficient (Wildman–Crippen LogP) is 3.29. The van der Waals surface area contributed by atoms with E-state index < -0.39 is 17.9 Å². The smallest absolute Gasteiger partial charge is 0.326 e. The second kappa shape index (κ2) is 7.55. The summed E-state index contributed by atoms with van der Waals surface area (Å²) >= 11 is 7.49. The third kappa shape index (κ3) is 4.72. The number of carbonyl (C=O) groups excluding carboxylic acids is 1. The molecule has 0 bridgehead atoms. The van der Waals surface area contributed by atoms with Crippen LogP contribution in [0.3, 0.4) is 0 Å². The first kappa shape index (κ1) is 16.9. The van der Waals surface area contributed by atoms with E-state index in [0.29, 0.717) is 17.0 Å². The van der Waals surface area contributed by atoms with Crippen molar-refractivity contribution < 1.29 is 14.7 Å². The summed E-state index contributed by atoms with van der Waals surface area (Å²) in [5.41, 5.74) is 0.300. The first-order valence-corrected chi connectivity index (χ1v) is 7.82. The van der Waals surface area contributed by atoms with Crippen LogP contribution < -0.4 is 5.32 Å². The first-order valence-electron chi connectivity index (χ1n) is 6.22. The van der Waals surface area contributed by atoms with Gasteiger partial charge >= 0.3 is 5.97 Å². The third-order valence-electron chi connectivity index (χ3n) is 2.73. The molecular formula is C14H18ClNO3S. The van der Waals surface area contributed by atoms with E-state index in [9.17, 15) is 9.59 Å². The number of nitrogens with one attached hydrogen (secondary N) is 1. The zero-order chi connectivity index (χ0) is 15.3. The zero-order valence-electron chi connectivity index (χ0n) is 11.6. The molecule has 0 aromatic heterocycles. The first-order chi connectivity index (χ1) is 9.35. The van der Waals surface area contributed by atoms with Crippen LogP contribution in [0.15, 0.2) is 23.1 Å². The minimum atomic E-state index is -1.04. The monoisotopic (exact) mass is 315 g/mol. The van der Waals surface area contributed by atoms with Gasteiger partial charge in [0.25, 0.3) is 5.91 Å². The van der Waals surface area contributed by atoms with Crippen molar-refractivity contribution in [3.05, 3.63) is 28.8 Å². The highest BCUT2D eigenvalue weighted by atomic mass is 35.5. The molecule has 0 aliphatic heterocycles. The van der Waals surface area contributed by atoms with E-state index in [-0.39, 0.29) is 5.92 Å². The normalized spacial score (nSPS) is 12.2. The number of hydrogen-bond donors (Lipinski definition) is 2. The Balaban J connectivity index is 2.91. The molecule has 0 saturated heterocycles. The molecular weight excluding hydrogens is 298 g/mol. The summed E-state index contributed by atoms with van der Waals surface area (Å²) in [7, 11) is 0. The van der Waals surface area contributed by atoms with E-state index in [1.807, 2.05) is 26.2 Å². The van der Waals surface area contributed by atoms with E-state index in [1.165, 1.54) is 11.8 Å². The summed E-state index contributed by atoms with van der Waals surface area (Å²) in [6.07, 6.45) is 2.27. The van der Waals surface area contributed by atoms with Crippen LogP contribution in [0.2, 0.25) is 5.02 Å². The number of carboxylic acid groups (broad SMARTS) is 1. The predicted molar refractivity (Wildman–Crippen MR) is 81.6 cm³/mol. The second-order valence-corrected chi connectivity index (χ2v) is 6.13. The van der Waals surface area contributed by atoms with Gasteiger partial charge in [-0.1, -0.05) is 25.4 Å². The highest BCUT2D eigenvalue weighted by Gasteiger charge is 2.22. The Morgan fingerprint density at radius 1 is 1.40 bits per heavy atom. The number of hydrogen-bond acceptors (Lipinski definition) is 3. The van der Waals surface area contributed by atoms with Crippen molar-refractivity contribution in [3.8, 4) is 0 Å². The Morgan fingerprint density at radius 2 is 2.05 bits per heavy atom. The summed E-state index contributed by atoms with van der Waals surface area (Å²) in [6.45, 7) is 3.81. The van der Waals surface area contributed by atoms with Gasteiger partial charge < -0.3 is 10.4 Å². The van der Waals surface area contributed by atoms with E-state index in [1.54, 1.807) is 12.1 Å². The lowest BCUT2D eigenvalue weighted by atomic mass is 10.0. The Morgan fingerprint density at radius 3 is 2.55 bits per heavy atom. The molecule has 1 unspecified atom stereocenters. The highest BCUT2D eigenvalue weighted by molar-refractivity contribution is 7.98. The van der Waals surface area contributed by atoms with Crippen LogP contribution in [-0.2, 0) is 4.79 Å².